The van der Waals surface area contributed by atoms with Crippen molar-refractivity contribution in [3.63, 3.8) is 0 Å². The molecule has 0 aromatic heterocycles. The Balaban J connectivity index is 0.843. The molecule has 0 heterocycles. The normalized spacial score (nSPS) is 15.1. The van der Waals surface area contributed by atoms with E-state index in [1.165, 1.54) is 112 Å². The van der Waals surface area contributed by atoms with E-state index in [9.17, 15) is 0 Å². The molecule has 72 heavy (non-hydrogen) atoms. The number of hydrogen-bond donors (Lipinski definition) is 0. The number of fused-ring (bicyclic) bond motifs is 12. The Kier molecular flexibility index (Phi) is 9.12. The summed E-state index contributed by atoms with van der Waals surface area (Å²) < 4.78 is 0. The van der Waals surface area contributed by atoms with Crippen LogP contribution in [-0.2, 0) is 22.7 Å². The number of nitrogens with zero attached hydrogens (tertiary/aromatic N) is 2. The van der Waals surface area contributed by atoms with Crippen LogP contribution < -0.4 is 9.80 Å². The lowest BCUT2D eigenvalue weighted by Gasteiger charge is -2.30. The van der Waals surface area contributed by atoms with Gasteiger partial charge in [0.25, 0.3) is 0 Å². The van der Waals surface area contributed by atoms with Gasteiger partial charge in [0.05, 0.1) is 0 Å². The van der Waals surface area contributed by atoms with Crippen molar-refractivity contribution in [2.75, 3.05) is 9.80 Å². The van der Waals surface area contributed by atoms with Gasteiger partial charge >= 0.3 is 0 Å². The molecule has 2 heteroatoms. The molecular weight excluding hydrogens is 869 g/mol. The third-order valence-corrected chi connectivity index (χ3v) is 17.1. The van der Waals surface area contributed by atoms with Crippen LogP contribution in [0.15, 0.2) is 218 Å². The van der Waals surface area contributed by atoms with Crippen molar-refractivity contribution in [3.8, 4) is 55.6 Å². The molecule has 4 aliphatic carbocycles. The SMILES string of the molecule is CC1(C)c2ccccc2-c2ccc(N(c3ccc(-c4ccc(N(c5ccc6c(c5)C(C)(C)c5ccccc5-6)c5ccc6c(c5)C(C)(C)c5ccccc5-6)cc4)cc3)c3ccc4c(c3)Cc3ccccc3-4)cc21. The topological polar surface area (TPSA) is 6.48 Å². The van der Waals surface area contributed by atoms with Gasteiger partial charge in [-0.1, -0.05) is 187 Å². The van der Waals surface area contributed by atoms with Crippen molar-refractivity contribution in [1.82, 2.24) is 0 Å². The van der Waals surface area contributed by atoms with Crippen molar-refractivity contribution in [2.45, 2.75) is 64.2 Å². The second-order valence-electron chi connectivity index (χ2n) is 22.1. The summed E-state index contributed by atoms with van der Waals surface area (Å²) in [5.74, 6) is 0. The molecule has 2 nitrogen and oxygen atoms in total. The Morgan fingerprint density at radius 1 is 0.250 bits per heavy atom. The smallest absolute Gasteiger partial charge is 0.0465 e. The summed E-state index contributed by atoms with van der Waals surface area (Å²) in [6.07, 6.45) is 0.948. The van der Waals surface area contributed by atoms with E-state index in [1.807, 2.05) is 0 Å². The Morgan fingerprint density at radius 2 is 0.542 bits per heavy atom. The van der Waals surface area contributed by atoms with Gasteiger partial charge in [0, 0.05) is 50.4 Å². The fourth-order valence-corrected chi connectivity index (χ4v) is 13.3. The summed E-state index contributed by atoms with van der Waals surface area (Å²) in [5, 5.41) is 0. The summed E-state index contributed by atoms with van der Waals surface area (Å²) in [7, 11) is 0. The highest BCUT2D eigenvalue weighted by atomic mass is 15.1. The van der Waals surface area contributed by atoms with E-state index in [4.69, 9.17) is 0 Å². The average molecular weight is 925 g/mol. The van der Waals surface area contributed by atoms with Crippen molar-refractivity contribution in [3.05, 3.63) is 263 Å². The first kappa shape index (κ1) is 42.7. The van der Waals surface area contributed by atoms with Crippen LogP contribution in [0.5, 0.6) is 0 Å². The van der Waals surface area contributed by atoms with Crippen molar-refractivity contribution in [1.29, 1.82) is 0 Å². The third-order valence-electron chi connectivity index (χ3n) is 17.1. The number of hydrogen-bond acceptors (Lipinski definition) is 2. The minimum Gasteiger partial charge on any atom is -0.310 e. The summed E-state index contributed by atoms with van der Waals surface area (Å²) in [6.45, 7) is 14.2. The lowest BCUT2D eigenvalue weighted by molar-refractivity contribution is 0.660. The molecule has 0 saturated carbocycles. The molecule has 0 saturated heterocycles. The van der Waals surface area contributed by atoms with Gasteiger partial charge < -0.3 is 9.80 Å². The van der Waals surface area contributed by atoms with Gasteiger partial charge in [0.1, 0.15) is 0 Å². The minimum atomic E-state index is -0.115. The van der Waals surface area contributed by atoms with Crippen LogP contribution in [0.25, 0.3) is 55.6 Å². The van der Waals surface area contributed by atoms with Gasteiger partial charge in [-0.05, 0) is 179 Å². The largest absolute Gasteiger partial charge is 0.310 e. The minimum absolute atomic E-state index is 0.106. The summed E-state index contributed by atoms with van der Waals surface area (Å²) >= 11 is 0. The fraction of sp³-hybridized carbons (Fsp3) is 0.143. The first-order chi connectivity index (χ1) is 34.9. The van der Waals surface area contributed by atoms with Gasteiger partial charge in [0.15, 0.2) is 0 Å². The van der Waals surface area contributed by atoms with Gasteiger partial charge in [-0.3, -0.25) is 0 Å². The monoisotopic (exact) mass is 924 g/mol. The molecule has 10 aromatic carbocycles. The quantitative estimate of drug-likeness (QED) is 0.157. The van der Waals surface area contributed by atoms with Crippen LogP contribution in [-0.4, -0.2) is 0 Å². The third kappa shape index (κ3) is 6.21. The Hall–Kier alpha value is -8.20. The zero-order valence-corrected chi connectivity index (χ0v) is 41.9. The lowest BCUT2D eigenvalue weighted by Crippen LogP contribution is -2.18. The predicted molar refractivity (Wildman–Crippen MR) is 302 cm³/mol. The molecule has 0 amide bonds. The van der Waals surface area contributed by atoms with E-state index in [-0.39, 0.29) is 16.2 Å². The van der Waals surface area contributed by atoms with E-state index in [0.717, 1.165) is 29.2 Å². The molecule has 0 fully saturated rings. The summed E-state index contributed by atoms with van der Waals surface area (Å²) in [6, 6.07) is 82.5. The molecule has 0 N–H and O–H groups in total. The molecule has 346 valence electrons. The molecule has 10 aromatic rings. The average Bonchev–Trinajstić information content (AvgIpc) is 4.05. The molecule has 0 aliphatic heterocycles. The first-order valence-electron chi connectivity index (χ1n) is 25.7. The summed E-state index contributed by atoms with van der Waals surface area (Å²) in [5.41, 5.74) is 30.7. The molecule has 0 atom stereocenters. The maximum atomic E-state index is 2.47. The van der Waals surface area contributed by atoms with E-state index < -0.39 is 0 Å². The van der Waals surface area contributed by atoms with E-state index in [1.54, 1.807) is 0 Å². The Morgan fingerprint density at radius 3 is 0.944 bits per heavy atom. The zero-order valence-electron chi connectivity index (χ0n) is 41.9. The highest BCUT2D eigenvalue weighted by Crippen LogP contribution is 2.55. The summed E-state index contributed by atoms with van der Waals surface area (Å²) in [4.78, 5) is 4.93. The Labute approximate surface area is 424 Å². The number of benzene rings is 10. The predicted octanol–water partition coefficient (Wildman–Crippen LogP) is 18.8. The van der Waals surface area contributed by atoms with Crippen LogP contribution in [0, 0.1) is 0 Å². The van der Waals surface area contributed by atoms with Crippen molar-refractivity contribution < 1.29 is 0 Å². The van der Waals surface area contributed by atoms with Gasteiger partial charge in [-0.2, -0.15) is 0 Å². The van der Waals surface area contributed by atoms with Gasteiger partial charge in [0.2, 0.25) is 0 Å². The number of anilines is 6. The highest BCUT2D eigenvalue weighted by Gasteiger charge is 2.39. The fourth-order valence-electron chi connectivity index (χ4n) is 13.3. The molecular formula is C70H56N2. The standard InChI is InChI=1S/C70H56N2/c1-68(2)62-20-12-9-17-56(62)59-36-32-51(41-65(59)68)71(50-31-35-55-47(40-50)39-46-15-7-8-16-54(46)55)48-27-23-44(24-28-48)45-25-29-49(30-26-45)72(52-33-37-60-57-18-10-13-21-63(57)69(3,4)66(60)42-52)53-34-38-61-58-19-11-14-22-64(58)70(5,6)67(61)43-53/h7-38,40-43H,39H2,1-6H3. The molecule has 0 spiro atoms. The lowest BCUT2D eigenvalue weighted by atomic mass is 9.82. The maximum absolute atomic E-state index is 2.47. The van der Waals surface area contributed by atoms with E-state index in [0.29, 0.717) is 0 Å². The number of rotatable bonds is 7. The van der Waals surface area contributed by atoms with Crippen LogP contribution >= 0.6 is 0 Å². The molecule has 4 aliphatic rings. The van der Waals surface area contributed by atoms with Crippen LogP contribution in [0.3, 0.4) is 0 Å². The molecule has 0 unspecified atom stereocenters. The molecule has 14 rings (SSSR count). The first-order valence-corrected chi connectivity index (χ1v) is 25.7. The maximum Gasteiger partial charge on any atom is 0.0465 e. The molecule has 0 radical (unpaired) electrons. The Bertz CT molecular complexity index is 3760. The van der Waals surface area contributed by atoms with Crippen LogP contribution in [0.2, 0.25) is 0 Å². The highest BCUT2D eigenvalue weighted by molar-refractivity contribution is 5.91. The van der Waals surface area contributed by atoms with Gasteiger partial charge in [-0.15, -0.1) is 0 Å². The van der Waals surface area contributed by atoms with Crippen molar-refractivity contribution in [2.24, 2.45) is 0 Å². The van der Waals surface area contributed by atoms with E-state index >= 15 is 0 Å². The van der Waals surface area contributed by atoms with Crippen LogP contribution in [0.1, 0.15) is 86.1 Å². The zero-order chi connectivity index (χ0) is 48.7. The molecule has 0 bridgehead atoms. The van der Waals surface area contributed by atoms with Crippen molar-refractivity contribution >= 4 is 34.1 Å². The van der Waals surface area contributed by atoms with E-state index in [2.05, 4.69) is 270 Å². The second kappa shape index (κ2) is 15.4. The second-order valence-corrected chi connectivity index (χ2v) is 22.1. The van der Waals surface area contributed by atoms with Gasteiger partial charge in [-0.25, -0.2) is 0 Å². The van der Waals surface area contributed by atoms with Crippen LogP contribution in [0.4, 0.5) is 34.1 Å².